The Labute approximate surface area is 109 Å². The van der Waals surface area contributed by atoms with Crippen LogP contribution >= 0.6 is 0 Å². The summed E-state index contributed by atoms with van der Waals surface area (Å²) in [6, 6.07) is 0. The van der Waals surface area contributed by atoms with Crippen LogP contribution in [0.2, 0.25) is 0 Å². The van der Waals surface area contributed by atoms with Crippen molar-refractivity contribution in [2.24, 2.45) is 0 Å². The van der Waals surface area contributed by atoms with Crippen LogP contribution in [0.3, 0.4) is 0 Å². The Kier molecular flexibility index (Phi) is 23.1. The molecule has 0 unspecified atom stereocenters. The molecule has 0 aliphatic heterocycles. The van der Waals surface area contributed by atoms with Gasteiger partial charge in [-0.15, -0.1) is 0 Å². The zero-order valence-electron chi connectivity index (χ0n) is 3.92. The molecule has 10 heteroatoms. The van der Waals surface area contributed by atoms with Crippen LogP contribution in [0.5, 0.6) is 0 Å². The molecule has 0 bridgehead atoms. The van der Waals surface area contributed by atoms with Crippen molar-refractivity contribution >= 4 is 77.3 Å². The quantitative estimate of drug-likeness (QED) is 0.272. The number of carboxylic acid groups (broad SMARTS) is 2. The van der Waals surface area contributed by atoms with Gasteiger partial charge < -0.3 is 10.2 Å². The molecule has 0 fully saturated rings. The van der Waals surface area contributed by atoms with E-state index in [1.54, 1.807) is 0 Å². The molecule has 0 aromatic heterocycles. The summed E-state index contributed by atoms with van der Waals surface area (Å²) >= 11 is 0. The Hall–Kier alpha value is 1.17. The van der Waals surface area contributed by atoms with E-state index in [1.165, 1.54) is 0 Å². The first-order valence-corrected chi connectivity index (χ1v) is 2.75. The number of hydrogen-bond acceptors (Lipinski definition) is 3. The molecule has 0 aliphatic carbocycles. The van der Waals surface area contributed by atoms with E-state index in [0.29, 0.717) is 0 Å². The van der Waals surface area contributed by atoms with Crippen molar-refractivity contribution in [2.45, 2.75) is 0 Å². The van der Waals surface area contributed by atoms with Crippen molar-refractivity contribution in [3.05, 3.63) is 0 Å². The zero-order valence-corrected chi connectivity index (χ0v) is 4.74. The van der Waals surface area contributed by atoms with Crippen LogP contribution in [0.1, 0.15) is 0 Å². The van der Waals surface area contributed by atoms with E-state index in [9.17, 15) is 0 Å². The fraction of sp³-hybridized carbons (Fsp3) is 0. The second kappa shape index (κ2) is 11.2. The molecule has 4 N–H and O–H groups in total. The van der Waals surface area contributed by atoms with E-state index in [1.807, 2.05) is 0 Å². The maximum atomic E-state index is 8.74. The van der Waals surface area contributed by atoms with Gasteiger partial charge in [0.15, 0.2) is 0 Å². The van der Waals surface area contributed by atoms with E-state index < -0.39 is 16.6 Å². The standard InChI is InChI=1S/CH2O3.Ca.Mg.H2O4S.4H/c2-1(3)4;;;1-5(2,3)4;;;;/h(H2,2,3,4);;;(H2,1,2,3,4);;;;. The molecule has 0 amide bonds. The second-order valence-electron chi connectivity index (χ2n) is 0.730. The summed E-state index contributed by atoms with van der Waals surface area (Å²) in [5.74, 6) is 0. The summed E-state index contributed by atoms with van der Waals surface area (Å²) in [5.41, 5.74) is 0. The van der Waals surface area contributed by atoms with Gasteiger partial charge in [0.05, 0.1) is 0 Å². The predicted octanol–water partition coefficient (Wildman–Crippen LogP) is -2.26. The van der Waals surface area contributed by atoms with Crippen LogP contribution in [0.15, 0.2) is 0 Å². The average molecular weight is 229 g/mol. The Morgan fingerprint density at radius 2 is 1.09 bits per heavy atom. The van der Waals surface area contributed by atoms with Crippen LogP contribution in [0, 0.1) is 0 Å². The molecule has 0 radical (unpaired) electrons. The molecule has 0 saturated carbocycles. The van der Waals surface area contributed by atoms with Gasteiger partial charge in [-0.1, -0.05) is 0 Å². The molecule has 0 aromatic carbocycles. The minimum Gasteiger partial charge on any atom is 0.316 e. The topological polar surface area (TPSA) is 132 Å². The molecule has 0 rings (SSSR count). The molecule has 0 spiro atoms. The summed E-state index contributed by atoms with van der Waals surface area (Å²) in [7, 11) is -4.67. The molecule has 0 heterocycles. The third kappa shape index (κ3) is 690. The van der Waals surface area contributed by atoms with Crippen molar-refractivity contribution in [1.29, 1.82) is 0 Å². The normalized spacial score (nSPS) is 7.45. The fourth-order valence-corrected chi connectivity index (χ4v) is 0. The summed E-state index contributed by atoms with van der Waals surface area (Å²) < 4.78 is 31.6. The van der Waals surface area contributed by atoms with Crippen LogP contribution in [0.25, 0.3) is 0 Å². The molecular formula is CH8CaMgO7S. The van der Waals surface area contributed by atoms with Gasteiger partial charge in [-0.25, -0.2) is 4.79 Å². The third-order valence-electron chi connectivity index (χ3n) is 0. The number of hydrogen-bond donors (Lipinski definition) is 4. The van der Waals surface area contributed by atoms with E-state index >= 15 is 0 Å². The third-order valence-corrected chi connectivity index (χ3v) is 0. The average Bonchev–Trinajstić information content (AvgIpc) is 1.19. The first kappa shape index (κ1) is 22.7. The van der Waals surface area contributed by atoms with Gasteiger partial charge in [0.1, 0.15) is 0 Å². The van der Waals surface area contributed by atoms with Crippen molar-refractivity contribution in [1.82, 2.24) is 0 Å². The summed E-state index contributed by atoms with van der Waals surface area (Å²) in [4.78, 5) is 8.56. The maximum absolute atomic E-state index is 8.74. The van der Waals surface area contributed by atoms with Crippen molar-refractivity contribution < 1.29 is 32.5 Å². The largest absolute Gasteiger partial charge is 0.316 e. The SMILES string of the molecule is O=C(O)O.O=S(=O)(O)O.[CaH2].[MgH2]. The monoisotopic (exact) mass is 228 g/mol. The van der Waals surface area contributed by atoms with Crippen LogP contribution in [0.4, 0.5) is 4.79 Å². The molecule has 64 valence electrons. The van der Waals surface area contributed by atoms with E-state index in [2.05, 4.69) is 0 Å². The van der Waals surface area contributed by atoms with E-state index in [4.69, 9.17) is 32.5 Å². The predicted molar refractivity (Wildman–Crippen MR) is 41.9 cm³/mol. The molecule has 0 aliphatic rings. The Morgan fingerprint density at radius 1 is 1.09 bits per heavy atom. The van der Waals surface area contributed by atoms with Gasteiger partial charge in [-0.05, 0) is 0 Å². The minimum atomic E-state index is -4.67. The van der Waals surface area contributed by atoms with Crippen molar-refractivity contribution in [2.75, 3.05) is 0 Å². The number of rotatable bonds is 0. The molecule has 0 saturated heterocycles. The van der Waals surface area contributed by atoms with Crippen molar-refractivity contribution in [3.63, 3.8) is 0 Å². The van der Waals surface area contributed by atoms with Crippen LogP contribution < -0.4 is 0 Å². The first-order valence-electron chi connectivity index (χ1n) is 1.35. The Morgan fingerprint density at radius 3 is 1.09 bits per heavy atom. The Balaban J connectivity index is -0.0000000383. The zero-order chi connectivity index (χ0) is 8.08. The van der Waals surface area contributed by atoms with Crippen molar-refractivity contribution in [3.8, 4) is 0 Å². The molecular weight excluding hydrogens is 220 g/mol. The van der Waals surface area contributed by atoms with E-state index in [0.717, 1.165) is 0 Å². The van der Waals surface area contributed by atoms with Crippen LogP contribution in [-0.2, 0) is 10.4 Å². The van der Waals surface area contributed by atoms with Gasteiger partial charge in [-0.2, -0.15) is 8.42 Å². The molecule has 11 heavy (non-hydrogen) atoms. The van der Waals surface area contributed by atoms with E-state index in [-0.39, 0.29) is 60.8 Å². The summed E-state index contributed by atoms with van der Waals surface area (Å²) in [6.45, 7) is 0. The van der Waals surface area contributed by atoms with Gasteiger partial charge in [-0.3, -0.25) is 9.11 Å². The number of carbonyl (C=O) groups is 1. The molecule has 0 atom stereocenters. The maximum Gasteiger partial charge on any atom is 0.316 e. The summed E-state index contributed by atoms with van der Waals surface area (Å²) in [6.07, 6.45) is -1.83. The Bertz CT molecular complexity index is 161. The van der Waals surface area contributed by atoms with Gasteiger partial charge in [0, 0.05) is 0 Å². The van der Waals surface area contributed by atoms with Crippen LogP contribution in [-0.4, -0.2) is 94.7 Å². The smallest absolute Gasteiger partial charge is 0.316 e. The fourth-order valence-electron chi connectivity index (χ4n) is 0. The summed E-state index contributed by atoms with van der Waals surface area (Å²) in [5, 5.41) is 13.9. The molecule has 7 nitrogen and oxygen atoms in total. The minimum absolute atomic E-state index is 0. The van der Waals surface area contributed by atoms with Gasteiger partial charge in [0.2, 0.25) is 0 Å². The second-order valence-corrected chi connectivity index (χ2v) is 1.63. The molecule has 0 aromatic rings. The first-order chi connectivity index (χ1) is 3.73. The van der Waals surface area contributed by atoms with Gasteiger partial charge in [0.25, 0.3) is 0 Å². The van der Waals surface area contributed by atoms with Gasteiger partial charge >= 0.3 is 77.3 Å².